The summed E-state index contributed by atoms with van der Waals surface area (Å²) in [4.78, 5) is 0. The van der Waals surface area contributed by atoms with Crippen LogP contribution in [0.5, 0.6) is 0 Å². The standard InChI is InChI=1S/2C14H4Br10/c2*1-2(3-5(15)9(19)13(23)10(20)6(3)16)4-7(17)11(21)14(24)12(22)8(4)18/h2*2H,1H3. The maximum atomic E-state index is 3.72. The molecule has 4 aromatic rings. The molecule has 0 heterocycles. The molecule has 260 valence electrons. The molecular weight excluding hydrogens is 1930 g/mol. The smallest absolute Gasteiger partial charge is 0.0482 e. The average Bonchev–Trinajstić information content (AvgIpc) is 3.05. The molecule has 0 aliphatic rings. The van der Waals surface area contributed by atoms with Crippen LogP contribution in [0.4, 0.5) is 0 Å². The Kier molecular flexibility index (Phi) is 21.0. The van der Waals surface area contributed by atoms with Crippen molar-refractivity contribution < 1.29 is 0 Å². The molecule has 0 spiro atoms. The van der Waals surface area contributed by atoms with Crippen molar-refractivity contribution >= 4 is 319 Å². The monoisotopic (exact) mass is 1920 g/mol. The second-order valence-corrected chi connectivity index (χ2v) is 25.2. The van der Waals surface area contributed by atoms with Gasteiger partial charge in [0.25, 0.3) is 0 Å². The van der Waals surface area contributed by atoms with Crippen molar-refractivity contribution in [1.29, 1.82) is 0 Å². The Labute approximate surface area is 446 Å². The van der Waals surface area contributed by atoms with Gasteiger partial charge >= 0.3 is 0 Å². The van der Waals surface area contributed by atoms with Crippen LogP contribution >= 0.6 is 319 Å². The van der Waals surface area contributed by atoms with Gasteiger partial charge in [0.15, 0.2) is 0 Å². The lowest BCUT2D eigenvalue weighted by molar-refractivity contribution is 0.887. The molecule has 0 radical (unpaired) electrons. The van der Waals surface area contributed by atoms with Gasteiger partial charge in [-0.25, -0.2) is 0 Å². The van der Waals surface area contributed by atoms with Crippen LogP contribution in [0.2, 0.25) is 0 Å². The van der Waals surface area contributed by atoms with E-state index < -0.39 is 0 Å². The van der Waals surface area contributed by atoms with Gasteiger partial charge in [0.1, 0.15) is 0 Å². The van der Waals surface area contributed by atoms with Gasteiger partial charge in [-0.15, -0.1) is 0 Å². The molecule has 4 aromatic carbocycles. The molecule has 0 aliphatic carbocycles. The minimum Gasteiger partial charge on any atom is -0.0541 e. The van der Waals surface area contributed by atoms with E-state index in [4.69, 9.17) is 0 Å². The first-order valence-electron chi connectivity index (χ1n) is 12.1. The predicted octanol–water partition coefficient (Wildman–Crippen LogP) is 22.9. The van der Waals surface area contributed by atoms with Crippen molar-refractivity contribution in [3.8, 4) is 0 Å². The molecule has 0 saturated heterocycles. The fraction of sp³-hybridized carbons (Fsp3) is 0.143. The Morgan fingerprint density at radius 2 is 0.271 bits per heavy atom. The lowest BCUT2D eigenvalue weighted by Crippen LogP contribution is -2.04. The van der Waals surface area contributed by atoms with Crippen LogP contribution in [-0.4, -0.2) is 0 Å². The van der Waals surface area contributed by atoms with E-state index in [9.17, 15) is 0 Å². The van der Waals surface area contributed by atoms with E-state index in [0.29, 0.717) is 0 Å². The highest BCUT2D eigenvalue weighted by Gasteiger charge is 2.29. The van der Waals surface area contributed by atoms with Gasteiger partial charge in [-0.2, -0.15) is 0 Å². The molecule has 0 fully saturated rings. The highest BCUT2D eigenvalue weighted by atomic mass is 79.9. The van der Waals surface area contributed by atoms with E-state index in [-0.39, 0.29) is 11.8 Å². The van der Waals surface area contributed by atoms with Gasteiger partial charge < -0.3 is 0 Å². The summed E-state index contributed by atoms with van der Waals surface area (Å²) in [5.74, 6) is 0.165. The zero-order valence-corrected chi connectivity index (χ0v) is 54.4. The number of rotatable bonds is 4. The zero-order valence-electron chi connectivity index (χ0n) is 22.7. The fourth-order valence-corrected chi connectivity index (χ4v) is 19.4. The maximum Gasteiger partial charge on any atom is 0.0482 e. The molecule has 0 bridgehead atoms. The molecule has 0 N–H and O–H groups in total. The SMILES string of the molecule is CC(c1c(Br)c(Br)c(Br)c(Br)c1Br)c1c(Br)c(Br)c(Br)c(Br)c1Br.CC(c1c(Br)c(Br)c(Br)c(Br)c1Br)c1c(Br)c(Br)c(Br)c(Br)c1Br. The molecule has 0 nitrogen and oxygen atoms in total. The van der Waals surface area contributed by atoms with Gasteiger partial charge in [0.05, 0.1) is 0 Å². The van der Waals surface area contributed by atoms with Crippen molar-refractivity contribution in [2.45, 2.75) is 25.7 Å². The maximum absolute atomic E-state index is 3.72. The van der Waals surface area contributed by atoms with E-state index >= 15 is 0 Å². The first-order valence-corrected chi connectivity index (χ1v) is 27.9. The highest BCUT2D eigenvalue weighted by molar-refractivity contribution is 9.18. The van der Waals surface area contributed by atoms with Gasteiger partial charge in [-0.1, -0.05) is 13.8 Å². The second-order valence-electron chi connectivity index (χ2n) is 9.38. The van der Waals surface area contributed by atoms with Crippen LogP contribution in [0.1, 0.15) is 47.9 Å². The number of hydrogen-bond acceptors (Lipinski definition) is 0. The van der Waals surface area contributed by atoms with Crippen LogP contribution < -0.4 is 0 Å². The molecule has 0 amide bonds. The molecule has 48 heavy (non-hydrogen) atoms. The van der Waals surface area contributed by atoms with E-state index in [1.165, 1.54) is 0 Å². The third kappa shape index (κ3) is 9.91. The molecule has 4 rings (SSSR count). The summed E-state index contributed by atoms with van der Waals surface area (Å²) < 4.78 is 19.4. The van der Waals surface area contributed by atoms with Crippen LogP contribution in [0.15, 0.2) is 89.5 Å². The Hall–Kier alpha value is 6.48. The van der Waals surface area contributed by atoms with E-state index in [1.807, 2.05) is 0 Å². The minimum atomic E-state index is 0.0823. The Balaban J connectivity index is 0.000000260. The molecule has 0 saturated carbocycles. The van der Waals surface area contributed by atoms with Crippen molar-refractivity contribution in [3.05, 3.63) is 112 Å². The topological polar surface area (TPSA) is 0 Å². The van der Waals surface area contributed by atoms with Crippen molar-refractivity contribution in [2.75, 3.05) is 0 Å². The highest BCUT2D eigenvalue weighted by Crippen LogP contribution is 2.55. The average molecular weight is 1940 g/mol. The number of benzene rings is 4. The first-order chi connectivity index (χ1) is 22.0. The Morgan fingerprint density at radius 1 is 0.188 bits per heavy atom. The normalized spacial score (nSPS) is 11.5. The summed E-state index contributed by atoms with van der Waals surface area (Å²) in [5.41, 5.74) is 4.50. The van der Waals surface area contributed by atoms with Crippen LogP contribution in [0.25, 0.3) is 0 Å². The largest absolute Gasteiger partial charge is 0.0541 e. The zero-order chi connectivity index (χ0) is 37.0. The van der Waals surface area contributed by atoms with Gasteiger partial charge in [-0.3, -0.25) is 0 Å². The summed E-state index contributed by atoms with van der Waals surface area (Å²) in [5, 5.41) is 0. The molecule has 0 unspecified atom stereocenters. The second kappa shape index (κ2) is 20.6. The fourth-order valence-electron chi connectivity index (χ4n) is 4.30. The Bertz CT molecular complexity index is 1570. The van der Waals surface area contributed by atoms with Gasteiger partial charge in [0, 0.05) is 101 Å². The Morgan fingerprint density at radius 3 is 0.375 bits per heavy atom. The third-order valence-electron chi connectivity index (χ3n) is 6.71. The van der Waals surface area contributed by atoms with Crippen LogP contribution in [0, 0.1) is 0 Å². The summed E-state index contributed by atoms with van der Waals surface area (Å²) in [6, 6.07) is 0. The lowest BCUT2D eigenvalue weighted by atomic mass is 9.93. The number of hydrogen-bond donors (Lipinski definition) is 0. The third-order valence-corrected chi connectivity index (χ3v) is 31.3. The van der Waals surface area contributed by atoms with Crippen LogP contribution in [-0.2, 0) is 0 Å². The van der Waals surface area contributed by atoms with E-state index in [1.54, 1.807) is 0 Å². The molecule has 0 aromatic heterocycles. The molecule has 20 heteroatoms. The van der Waals surface area contributed by atoms with Crippen molar-refractivity contribution in [3.63, 3.8) is 0 Å². The van der Waals surface area contributed by atoms with Crippen molar-refractivity contribution in [2.24, 2.45) is 0 Å². The van der Waals surface area contributed by atoms with Crippen molar-refractivity contribution in [1.82, 2.24) is 0 Å². The molecular formula is C28H8Br20. The predicted molar refractivity (Wildman–Crippen MR) is 275 cm³/mol. The number of halogens is 20. The quantitative estimate of drug-likeness (QED) is 0.141. The van der Waals surface area contributed by atoms with E-state index in [2.05, 4.69) is 332 Å². The summed E-state index contributed by atoms with van der Waals surface area (Å²) >= 11 is 73.3. The van der Waals surface area contributed by atoms with Gasteiger partial charge in [-0.05, 0) is 341 Å². The molecule has 0 aliphatic heterocycles. The summed E-state index contributed by atoms with van der Waals surface area (Å²) in [6.07, 6.45) is 0. The summed E-state index contributed by atoms with van der Waals surface area (Å²) in [6.45, 7) is 4.32. The first kappa shape index (κ1) is 48.8. The lowest BCUT2D eigenvalue weighted by Gasteiger charge is -2.23. The van der Waals surface area contributed by atoms with Crippen LogP contribution in [0.3, 0.4) is 0 Å². The van der Waals surface area contributed by atoms with Gasteiger partial charge in [0.2, 0.25) is 0 Å². The summed E-state index contributed by atoms with van der Waals surface area (Å²) in [7, 11) is 0. The minimum absolute atomic E-state index is 0.0823. The van der Waals surface area contributed by atoms with E-state index in [0.717, 1.165) is 112 Å². The molecule has 0 atom stereocenters.